The molecular weight excluding hydrogens is 356 g/mol. The van der Waals surface area contributed by atoms with Crippen LogP contribution in [0.1, 0.15) is 23.7 Å². The van der Waals surface area contributed by atoms with Gasteiger partial charge in [0.1, 0.15) is 11.8 Å². The molecule has 2 aromatic carbocycles. The molecule has 2 aromatic rings. The predicted octanol–water partition coefficient (Wildman–Crippen LogP) is 3.30. The number of anilines is 2. The van der Waals surface area contributed by atoms with E-state index in [0.717, 1.165) is 4.90 Å². The molecule has 6 nitrogen and oxygen atoms in total. The van der Waals surface area contributed by atoms with Crippen LogP contribution < -0.4 is 15.0 Å². The second kappa shape index (κ2) is 7.17. The summed E-state index contributed by atoms with van der Waals surface area (Å²) in [4.78, 5) is 37.8. The van der Waals surface area contributed by atoms with Crippen LogP contribution in [0, 0.1) is 0 Å². The molecule has 26 heavy (non-hydrogen) atoms. The molecule has 1 heterocycles. The number of amides is 2. The highest BCUT2D eigenvalue weighted by Crippen LogP contribution is 2.35. The summed E-state index contributed by atoms with van der Waals surface area (Å²) >= 11 is 6.01. The molecule has 0 saturated carbocycles. The summed E-state index contributed by atoms with van der Waals surface area (Å²) in [5.41, 5.74) is 1.45. The van der Waals surface area contributed by atoms with Crippen molar-refractivity contribution in [1.82, 2.24) is 0 Å². The van der Waals surface area contributed by atoms with E-state index in [1.165, 1.54) is 20.1 Å². The number of imide groups is 1. The quantitative estimate of drug-likeness (QED) is 0.643. The number of carbonyl (C=O) groups is 3. The van der Waals surface area contributed by atoms with Gasteiger partial charge in [0, 0.05) is 16.3 Å². The van der Waals surface area contributed by atoms with Gasteiger partial charge >= 0.3 is 0 Å². The summed E-state index contributed by atoms with van der Waals surface area (Å²) in [5.74, 6) is -0.442. The van der Waals surface area contributed by atoms with Crippen molar-refractivity contribution in [3.05, 3.63) is 53.1 Å². The zero-order valence-electron chi connectivity index (χ0n) is 14.3. The smallest absolute Gasteiger partial charge is 0.256 e. The third-order valence-corrected chi connectivity index (χ3v) is 4.37. The predicted molar refractivity (Wildman–Crippen MR) is 99.0 cm³/mol. The van der Waals surface area contributed by atoms with Gasteiger partial charge in [-0.05, 0) is 37.3 Å². The fourth-order valence-corrected chi connectivity index (χ4v) is 3.03. The van der Waals surface area contributed by atoms with Crippen molar-refractivity contribution in [3.8, 4) is 5.75 Å². The van der Waals surface area contributed by atoms with Crippen molar-refractivity contribution in [2.45, 2.75) is 19.4 Å². The van der Waals surface area contributed by atoms with Gasteiger partial charge in [-0.1, -0.05) is 23.7 Å². The minimum absolute atomic E-state index is 0.00119. The highest BCUT2D eigenvalue weighted by molar-refractivity contribution is 6.31. The SMILES string of the molecule is COc1ccc(Cl)cc1N1C(=O)CC(Nc2cccc(C(C)=O)c2)C1=O. The van der Waals surface area contributed by atoms with Gasteiger partial charge in [0.05, 0.1) is 19.2 Å². The summed E-state index contributed by atoms with van der Waals surface area (Å²) in [6, 6.07) is 10.8. The Labute approximate surface area is 155 Å². The van der Waals surface area contributed by atoms with Gasteiger partial charge in [-0.2, -0.15) is 0 Å². The molecular formula is C19H17ClN2O4. The Kier molecular flexibility index (Phi) is 4.95. The molecule has 0 aromatic heterocycles. The number of ether oxygens (including phenoxy) is 1. The van der Waals surface area contributed by atoms with Crippen molar-refractivity contribution in [1.29, 1.82) is 0 Å². The van der Waals surface area contributed by atoms with E-state index in [1.54, 1.807) is 36.4 Å². The Bertz CT molecular complexity index is 897. The second-order valence-corrected chi connectivity index (χ2v) is 6.36. The van der Waals surface area contributed by atoms with E-state index in [0.29, 0.717) is 27.7 Å². The van der Waals surface area contributed by atoms with Crippen molar-refractivity contribution in [3.63, 3.8) is 0 Å². The van der Waals surface area contributed by atoms with E-state index in [9.17, 15) is 14.4 Å². The largest absolute Gasteiger partial charge is 0.495 e. The Morgan fingerprint density at radius 2 is 2.00 bits per heavy atom. The van der Waals surface area contributed by atoms with Gasteiger partial charge in [0.15, 0.2) is 5.78 Å². The maximum atomic E-state index is 12.8. The minimum Gasteiger partial charge on any atom is -0.495 e. The molecule has 1 N–H and O–H groups in total. The average molecular weight is 373 g/mol. The average Bonchev–Trinajstić information content (AvgIpc) is 2.88. The van der Waals surface area contributed by atoms with Crippen LogP contribution in [0.4, 0.5) is 11.4 Å². The maximum absolute atomic E-state index is 12.8. The van der Waals surface area contributed by atoms with Gasteiger partial charge in [0.2, 0.25) is 5.91 Å². The lowest BCUT2D eigenvalue weighted by Crippen LogP contribution is -2.35. The monoisotopic (exact) mass is 372 g/mol. The summed E-state index contributed by atoms with van der Waals surface area (Å²) in [6.07, 6.45) is -0.00119. The van der Waals surface area contributed by atoms with Gasteiger partial charge in [-0.15, -0.1) is 0 Å². The zero-order chi connectivity index (χ0) is 18.8. The molecule has 1 atom stereocenters. The maximum Gasteiger partial charge on any atom is 0.256 e. The number of hydrogen-bond acceptors (Lipinski definition) is 5. The standard InChI is InChI=1S/C19H17ClN2O4/c1-11(23)12-4-3-5-14(8-12)21-15-10-18(24)22(19(15)25)16-9-13(20)6-7-17(16)26-2/h3-9,15,21H,10H2,1-2H3. The van der Waals surface area contributed by atoms with Crippen LogP contribution in [0.15, 0.2) is 42.5 Å². The highest BCUT2D eigenvalue weighted by Gasteiger charge is 2.40. The van der Waals surface area contributed by atoms with E-state index < -0.39 is 11.9 Å². The fourth-order valence-electron chi connectivity index (χ4n) is 2.86. The number of hydrogen-bond donors (Lipinski definition) is 1. The Hall–Kier alpha value is -2.86. The van der Waals surface area contributed by atoms with Crippen LogP contribution in [-0.2, 0) is 9.59 Å². The van der Waals surface area contributed by atoms with Crippen LogP contribution in [0.25, 0.3) is 0 Å². The Morgan fingerprint density at radius 1 is 1.23 bits per heavy atom. The van der Waals surface area contributed by atoms with E-state index in [2.05, 4.69) is 5.32 Å². The lowest BCUT2D eigenvalue weighted by Gasteiger charge is -2.19. The first-order valence-electron chi connectivity index (χ1n) is 7.98. The third kappa shape index (κ3) is 3.41. The lowest BCUT2D eigenvalue weighted by atomic mass is 10.1. The summed E-state index contributed by atoms with van der Waals surface area (Å²) < 4.78 is 5.24. The Morgan fingerprint density at radius 3 is 2.69 bits per heavy atom. The van der Waals surface area contributed by atoms with Crippen LogP contribution >= 0.6 is 11.6 Å². The number of methoxy groups -OCH3 is 1. The molecule has 1 saturated heterocycles. The van der Waals surface area contributed by atoms with Crippen molar-refractivity contribution in [2.75, 3.05) is 17.3 Å². The molecule has 0 spiro atoms. The number of Topliss-reactive ketones (excluding diaryl/α,β-unsaturated/α-hetero) is 1. The summed E-state index contributed by atoms with van der Waals surface area (Å²) in [5, 5.41) is 3.43. The van der Waals surface area contributed by atoms with Gasteiger partial charge in [-0.3, -0.25) is 14.4 Å². The number of halogens is 1. The minimum atomic E-state index is -0.728. The lowest BCUT2D eigenvalue weighted by molar-refractivity contribution is -0.121. The first-order chi connectivity index (χ1) is 12.4. The number of nitrogens with one attached hydrogen (secondary N) is 1. The summed E-state index contributed by atoms with van der Waals surface area (Å²) in [7, 11) is 1.46. The Balaban J connectivity index is 1.87. The molecule has 2 amide bonds. The first-order valence-corrected chi connectivity index (χ1v) is 8.36. The van der Waals surface area contributed by atoms with Crippen LogP contribution in [0.3, 0.4) is 0 Å². The van der Waals surface area contributed by atoms with E-state index in [-0.39, 0.29) is 18.1 Å². The van der Waals surface area contributed by atoms with E-state index in [1.807, 2.05) is 0 Å². The van der Waals surface area contributed by atoms with Crippen molar-refractivity contribution in [2.24, 2.45) is 0 Å². The fraction of sp³-hybridized carbons (Fsp3) is 0.211. The number of benzene rings is 2. The van der Waals surface area contributed by atoms with Crippen LogP contribution in [0.2, 0.25) is 5.02 Å². The molecule has 134 valence electrons. The number of rotatable bonds is 5. The molecule has 1 fully saturated rings. The van der Waals surface area contributed by atoms with Crippen LogP contribution in [-0.4, -0.2) is 30.7 Å². The number of carbonyl (C=O) groups excluding carboxylic acids is 3. The zero-order valence-corrected chi connectivity index (χ0v) is 15.0. The van der Waals surface area contributed by atoms with Gasteiger partial charge < -0.3 is 10.1 Å². The molecule has 0 bridgehead atoms. The summed E-state index contributed by atoms with van der Waals surface area (Å²) in [6.45, 7) is 1.47. The van der Waals surface area contributed by atoms with E-state index >= 15 is 0 Å². The topological polar surface area (TPSA) is 75.7 Å². The normalized spacial score (nSPS) is 16.7. The van der Waals surface area contributed by atoms with Crippen molar-refractivity contribution >= 4 is 40.6 Å². The number of nitrogens with zero attached hydrogens (tertiary/aromatic N) is 1. The molecule has 1 aliphatic rings. The highest BCUT2D eigenvalue weighted by atomic mass is 35.5. The molecule has 0 radical (unpaired) electrons. The molecule has 1 aliphatic heterocycles. The second-order valence-electron chi connectivity index (χ2n) is 5.92. The molecule has 7 heteroatoms. The molecule has 1 unspecified atom stereocenters. The first kappa shape index (κ1) is 17.9. The van der Waals surface area contributed by atoms with Gasteiger partial charge in [0.25, 0.3) is 5.91 Å². The van der Waals surface area contributed by atoms with E-state index in [4.69, 9.17) is 16.3 Å². The molecule has 3 rings (SSSR count). The number of ketones is 1. The third-order valence-electron chi connectivity index (χ3n) is 4.14. The van der Waals surface area contributed by atoms with Crippen LogP contribution in [0.5, 0.6) is 5.75 Å². The molecule has 0 aliphatic carbocycles. The van der Waals surface area contributed by atoms with Crippen molar-refractivity contribution < 1.29 is 19.1 Å². The van der Waals surface area contributed by atoms with Gasteiger partial charge in [-0.25, -0.2) is 4.90 Å².